The Bertz CT molecular complexity index is 646. The summed E-state index contributed by atoms with van der Waals surface area (Å²) in [6.45, 7) is 16.5. The number of hydrogen-bond acceptors (Lipinski definition) is 1. The van der Waals surface area contributed by atoms with Gasteiger partial charge in [0.05, 0.1) is 5.69 Å². The van der Waals surface area contributed by atoms with Crippen LogP contribution in [0.4, 0.5) is 5.69 Å². The van der Waals surface area contributed by atoms with Crippen LogP contribution < -0.4 is 4.90 Å². The van der Waals surface area contributed by atoms with E-state index in [4.69, 9.17) is 0 Å². The molecular formula is C21H28N2. The number of nitrogens with zero attached hydrogens (tertiary/aromatic N) is 2. The summed E-state index contributed by atoms with van der Waals surface area (Å²) in [6, 6.07) is 8.40. The minimum absolute atomic E-state index is 0.415. The van der Waals surface area contributed by atoms with E-state index in [1.807, 2.05) is 44.2 Å². The smallest absolute Gasteiger partial charge is 0.139 e. The van der Waals surface area contributed by atoms with Crippen molar-refractivity contribution in [2.45, 2.75) is 33.6 Å². The molecule has 1 aromatic carbocycles. The number of amidine groups is 1. The Balaban J connectivity index is 3.53. The number of rotatable bonds is 6. The maximum Gasteiger partial charge on any atom is 0.139 e. The van der Waals surface area contributed by atoms with Gasteiger partial charge in [-0.3, -0.25) is 9.89 Å². The normalized spacial score (nSPS) is 12.8. The highest BCUT2D eigenvalue weighted by molar-refractivity contribution is 6.13. The highest BCUT2D eigenvalue weighted by atomic mass is 15.2. The van der Waals surface area contributed by atoms with Crippen LogP contribution in [-0.2, 0) is 0 Å². The fourth-order valence-electron chi connectivity index (χ4n) is 2.47. The molecule has 0 N–H and O–H groups in total. The average molecular weight is 308 g/mol. The summed E-state index contributed by atoms with van der Waals surface area (Å²) in [5, 5.41) is 0. The van der Waals surface area contributed by atoms with Crippen LogP contribution in [-0.4, -0.2) is 12.9 Å². The molecule has 0 aliphatic rings. The zero-order valence-corrected chi connectivity index (χ0v) is 15.0. The summed E-state index contributed by atoms with van der Waals surface area (Å²) in [4.78, 5) is 6.62. The molecule has 23 heavy (non-hydrogen) atoms. The monoisotopic (exact) mass is 308 g/mol. The van der Waals surface area contributed by atoms with E-state index in [2.05, 4.69) is 55.1 Å². The fraction of sp³-hybridized carbons (Fsp3) is 0.286. The molecule has 0 saturated heterocycles. The van der Waals surface area contributed by atoms with E-state index in [9.17, 15) is 0 Å². The Kier molecular flexibility index (Phi) is 7.27. The summed E-state index contributed by atoms with van der Waals surface area (Å²) in [5.41, 5.74) is 4.27. The molecule has 0 saturated carbocycles. The van der Waals surface area contributed by atoms with Crippen molar-refractivity contribution >= 4 is 11.5 Å². The van der Waals surface area contributed by atoms with Gasteiger partial charge < -0.3 is 0 Å². The molecular weight excluding hydrogens is 280 g/mol. The molecule has 2 heteroatoms. The predicted octanol–water partition coefficient (Wildman–Crippen LogP) is 5.87. The molecule has 2 nitrogen and oxygen atoms in total. The third kappa shape index (κ3) is 4.56. The average Bonchev–Trinajstić information content (AvgIpc) is 2.53. The van der Waals surface area contributed by atoms with Crippen LogP contribution in [0, 0.1) is 0 Å². The lowest BCUT2D eigenvalue weighted by Crippen LogP contribution is -2.31. The van der Waals surface area contributed by atoms with E-state index in [1.165, 1.54) is 5.56 Å². The standard InChI is InChI=1S/C21H28N2/c1-8-10-13-18(9-2)21(22-7)23(17(5)6)20-15-12-11-14-19(20)16(3)4/h8-16H,2,5H2,1,3-4,6-7H3/b10-8-,18-13+,22-21-. The number of allylic oxidation sites excluding steroid dienone is 4. The van der Waals surface area contributed by atoms with E-state index in [1.54, 1.807) is 7.05 Å². The van der Waals surface area contributed by atoms with Gasteiger partial charge in [0, 0.05) is 18.3 Å². The first-order valence-corrected chi connectivity index (χ1v) is 7.95. The Morgan fingerprint density at radius 2 is 1.91 bits per heavy atom. The van der Waals surface area contributed by atoms with Crippen molar-refractivity contribution in [3.63, 3.8) is 0 Å². The molecule has 0 heterocycles. The highest BCUT2D eigenvalue weighted by Crippen LogP contribution is 2.31. The Labute approximate surface area is 141 Å². The van der Waals surface area contributed by atoms with Crippen LogP contribution in [0.15, 0.2) is 78.0 Å². The first kappa shape index (κ1) is 18.7. The van der Waals surface area contributed by atoms with E-state index < -0.39 is 0 Å². The van der Waals surface area contributed by atoms with Gasteiger partial charge >= 0.3 is 0 Å². The molecule has 0 radical (unpaired) electrons. The fourth-order valence-corrected chi connectivity index (χ4v) is 2.47. The summed E-state index contributed by atoms with van der Waals surface area (Å²) < 4.78 is 0. The van der Waals surface area contributed by atoms with Crippen molar-refractivity contribution in [2.75, 3.05) is 11.9 Å². The second-order valence-corrected chi connectivity index (χ2v) is 5.68. The second-order valence-electron chi connectivity index (χ2n) is 5.68. The largest absolute Gasteiger partial charge is 0.299 e. The quantitative estimate of drug-likeness (QED) is 0.365. The Hall–Kier alpha value is -2.35. The SMILES string of the molecule is C=CC(=C\C=C/C)/C(=N/C)N(C(=C)C)c1ccccc1C(C)C. The summed E-state index contributed by atoms with van der Waals surface area (Å²) in [6.07, 6.45) is 7.83. The summed E-state index contributed by atoms with van der Waals surface area (Å²) >= 11 is 0. The first-order chi connectivity index (χ1) is 11.0. The van der Waals surface area contributed by atoms with E-state index in [0.29, 0.717) is 5.92 Å². The van der Waals surface area contributed by atoms with Gasteiger partial charge in [0.2, 0.25) is 0 Å². The van der Waals surface area contributed by atoms with Crippen LogP contribution in [0.25, 0.3) is 0 Å². The van der Waals surface area contributed by atoms with Crippen molar-refractivity contribution in [2.24, 2.45) is 4.99 Å². The van der Waals surface area contributed by atoms with Gasteiger partial charge in [-0.2, -0.15) is 0 Å². The van der Waals surface area contributed by atoms with Gasteiger partial charge in [0.25, 0.3) is 0 Å². The molecule has 0 bridgehead atoms. The molecule has 0 aromatic heterocycles. The van der Waals surface area contributed by atoms with Gasteiger partial charge in [0.1, 0.15) is 5.84 Å². The van der Waals surface area contributed by atoms with Gasteiger partial charge in [-0.05, 0) is 31.4 Å². The molecule has 0 aliphatic heterocycles. The number of para-hydroxylation sites is 1. The topological polar surface area (TPSA) is 15.6 Å². The van der Waals surface area contributed by atoms with Gasteiger partial charge in [-0.15, -0.1) is 0 Å². The first-order valence-electron chi connectivity index (χ1n) is 7.95. The lowest BCUT2D eigenvalue weighted by molar-refractivity contribution is 0.863. The molecule has 0 atom stereocenters. The molecule has 0 amide bonds. The zero-order chi connectivity index (χ0) is 17.4. The van der Waals surface area contributed by atoms with E-state index >= 15 is 0 Å². The summed E-state index contributed by atoms with van der Waals surface area (Å²) in [7, 11) is 1.80. The van der Waals surface area contributed by atoms with Gasteiger partial charge in [0.15, 0.2) is 0 Å². The third-order valence-corrected chi connectivity index (χ3v) is 3.55. The summed E-state index contributed by atoms with van der Waals surface area (Å²) in [5.74, 6) is 1.26. The minimum Gasteiger partial charge on any atom is -0.299 e. The molecule has 122 valence electrons. The molecule has 0 spiro atoms. The number of anilines is 1. The zero-order valence-electron chi connectivity index (χ0n) is 15.0. The van der Waals surface area contributed by atoms with Gasteiger partial charge in [-0.25, -0.2) is 0 Å². The maximum atomic E-state index is 4.52. The lowest BCUT2D eigenvalue weighted by atomic mass is 9.99. The molecule has 1 aromatic rings. The van der Waals surface area contributed by atoms with Crippen molar-refractivity contribution < 1.29 is 0 Å². The third-order valence-electron chi connectivity index (χ3n) is 3.55. The van der Waals surface area contributed by atoms with Crippen LogP contribution in [0.1, 0.15) is 39.2 Å². The number of hydrogen-bond donors (Lipinski definition) is 0. The number of benzene rings is 1. The predicted molar refractivity (Wildman–Crippen MR) is 104 cm³/mol. The molecule has 0 aliphatic carbocycles. The van der Waals surface area contributed by atoms with Crippen LogP contribution in [0.5, 0.6) is 0 Å². The van der Waals surface area contributed by atoms with Gasteiger partial charge in [-0.1, -0.05) is 69.5 Å². The van der Waals surface area contributed by atoms with Crippen molar-refractivity contribution in [3.8, 4) is 0 Å². The number of aliphatic imine (C=N–C) groups is 1. The minimum atomic E-state index is 0.415. The van der Waals surface area contributed by atoms with E-state index in [-0.39, 0.29) is 0 Å². The molecule has 1 rings (SSSR count). The second kappa shape index (κ2) is 8.94. The molecule has 0 unspecified atom stereocenters. The van der Waals surface area contributed by atoms with Crippen molar-refractivity contribution in [3.05, 3.63) is 78.6 Å². The van der Waals surface area contributed by atoms with Crippen LogP contribution in [0.2, 0.25) is 0 Å². The van der Waals surface area contributed by atoms with Crippen molar-refractivity contribution in [1.82, 2.24) is 0 Å². The lowest BCUT2D eigenvalue weighted by Gasteiger charge is -2.30. The Morgan fingerprint density at radius 1 is 1.26 bits per heavy atom. The molecule has 0 fully saturated rings. The highest BCUT2D eigenvalue weighted by Gasteiger charge is 2.20. The van der Waals surface area contributed by atoms with Crippen LogP contribution in [0.3, 0.4) is 0 Å². The Morgan fingerprint density at radius 3 is 2.39 bits per heavy atom. The van der Waals surface area contributed by atoms with Crippen LogP contribution >= 0.6 is 0 Å². The maximum absolute atomic E-state index is 4.52. The van der Waals surface area contributed by atoms with E-state index in [0.717, 1.165) is 22.8 Å². The van der Waals surface area contributed by atoms with Crippen molar-refractivity contribution in [1.29, 1.82) is 0 Å².